The third-order valence-corrected chi connectivity index (χ3v) is 3.69. The second-order valence-corrected chi connectivity index (χ2v) is 6.03. The van der Waals surface area contributed by atoms with E-state index >= 15 is 0 Å². The minimum absolute atomic E-state index is 0.186. The summed E-state index contributed by atoms with van der Waals surface area (Å²) in [6.07, 6.45) is 2.95. The Morgan fingerprint density at radius 2 is 1.88 bits per heavy atom. The summed E-state index contributed by atoms with van der Waals surface area (Å²) in [6.45, 7) is 6.16. The van der Waals surface area contributed by atoms with Crippen LogP contribution in [0.2, 0.25) is 0 Å². The molecule has 4 nitrogen and oxygen atoms in total. The van der Waals surface area contributed by atoms with Crippen molar-refractivity contribution in [3.8, 4) is 0 Å². The normalized spacial score (nSPS) is 33.9. The zero-order chi connectivity index (χ0) is 13.1. The summed E-state index contributed by atoms with van der Waals surface area (Å²) >= 11 is 0. The number of nitrogens with one attached hydrogen (secondary N) is 1. The number of rotatable bonds is 5. The van der Waals surface area contributed by atoms with Crippen LogP contribution < -0.4 is 11.1 Å². The third-order valence-electron chi connectivity index (χ3n) is 3.69. The largest absolute Gasteiger partial charge is 0.368 e. The second kappa shape index (κ2) is 5.83. The van der Waals surface area contributed by atoms with Crippen LogP contribution in [0.5, 0.6) is 0 Å². The molecule has 0 heterocycles. The Hall–Kier alpha value is -0.610. The van der Waals surface area contributed by atoms with Gasteiger partial charge in [0.1, 0.15) is 0 Å². The summed E-state index contributed by atoms with van der Waals surface area (Å²) in [5, 5.41) is 3.41. The monoisotopic (exact) mass is 241 g/mol. The maximum Gasteiger partial charge on any atom is 0.237 e. The molecule has 0 saturated heterocycles. The average molecular weight is 241 g/mol. The summed E-state index contributed by atoms with van der Waals surface area (Å²) in [4.78, 5) is 13.9. The van der Waals surface area contributed by atoms with Crippen LogP contribution in [0.4, 0.5) is 0 Å². The van der Waals surface area contributed by atoms with Gasteiger partial charge in [-0.25, -0.2) is 0 Å². The van der Waals surface area contributed by atoms with Crippen molar-refractivity contribution in [1.82, 2.24) is 10.2 Å². The first kappa shape index (κ1) is 14.5. The Bertz CT molecular complexity index is 255. The number of likely N-dealkylation sites (N-methyl/N-ethyl adjacent to an activating group) is 1. The molecule has 1 fully saturated rings. The van der Waals surface area contributed by atoms with Gasteiger partial charge in [-0.1, -0.05) is 13.8 Å². The lowest BCUT2D eigenvalue weighted by molar-refractivity contribution is -0.127. The van der Waals surface area contributed by atoms with E-state index in [2.05, 4.69) is 24.1 Å². The molecule has 17 heavy (non-hydrogen) atoms. The first-order valence-electron chi connectivity index (χ1n) is 6.55. The number of nitrogens with zero attached hydrogens (tertiary/aromatic N) is 1. The van der Waals surface area contributed by atoms with Crippen molar-refractivity contribution in [3.05, 3.63) is 0 Å². The molecule has 0 radical (unpaired) electrons. The number of carbonyl (C=O) groups excluding carboxylic acids is 1. The van der Waals surface area contributed by atoms with Crippen LogP contribution >= 0.6 is 0 Å². The van der Waals surface area contributed by atoms with Crippen molar-refractivity contribution >= 4 is 5.91 Å². The van der Waals surface area contributed by atoms with Crippen LogP contribution in [0, 0.1) is 11.8 Å². The molecule has 1 saturated carbocycles. The Morgan fingerprint density at radius 1 is 1.35 bits per heavy atom. The van der Waals surface area contributed by atoms with Crippen LogP contribution in [0.25, 0.3) is 0 Å². The van der Waals surface area contributed by atoms with Crippen LogP contribution in [-0.2, 0) is 4.79 Å². The van der Waals surface area contributed by atoms with E-state index in [-0.39, 0.29) is 5.91 Å². The van der Waals surface area contributed by atoms with Gasteiger partial charge in [-0.3, -0.25) is 4.79 Å². The van der Waals surface area contributed by atoms with Gasteiger partial charge in [0.25, 0.3) is 0 Å². The fourth-order valence-corrected chi connectivity index (χ4v) is 3.08. The van der Waals surface area contributed by atoms with E-state index in [1.807, 2.05) is 14.1 Å². The fourth-order valence-electron chi connectivity index (χ4n) is 3.08. The van der Waals surface area contributed by atoms with Crippen molar-refractivity contribution < 1.29 is 4.79 Å². The summed E-state index contributed by atoms with van der Waals surface area (Å²) in [7, 11) is 4.06. The Kier molecular flexibility index (Phi) is 4.95. The summed E-state index contributed by atoms with van der Waals surface area (Å²) in [5.74, 6) is 0.950. The molecule has 1 aliphatic carbocycles. The van der Waals surface area contributed by atoms with E-state index in [1.54, 1.807) is 0 Å². The predicted molar refractivity (Wildman–Crippen MR) is 70.7 cm³/mol. The first-order chi connectivity index (χ1) is 7.85. The molecule has 0 spiro atoms. The molecule has 0 bridgehead atoms. The maximum absolute atomic E-state index is 11.8. The van der Waals surface area contributed by atoms with Gasteiger partial charge in [0.2, 0.25) is 5.91 Å². The van der Waals surface area contributed by atoms with Crippen LogP contribution in [0.1, 0.15) is 33.1 Å². The standard InChI is InChI=1S/C13H27N3O/c1-10-7-11(2)9-13(8-10,12(14)17)15-5-6-16(3)4/h10-11,15H,5-9H2,1-4H3,(H2,14,17). The van der Waals surface area contributed by atoms with Crippen molar-refractivity contribution in [2.75, 3.05) is 27.2 Å². The van der Waals surface area contributed by atoms with Crippen LogP contribution in [-0.4, -0.2) is 43.5 Å². The lowest BCUT2D eigenvalue weighted by atomic mass is 9.71. The molecule has 4 heteroatoms. The molecule has 2 unspecified atom stereocenters. The fraction of sp³-hybridized carbons (Fsp3) is 0.923. The van der Waals surface area contributed by atoms with E-state index in [0.29, 0.717) is 11.8 Å². The molecule has 2 atom stereocenters. The Labute approximate surface area is 105 Å². The van der Waals surface area contributed by atoms with Gasteiger partial charge < -0.3 is 16.0 Å². The highest BCUT2D eigenvalue weighted by atomic mass is 16.1. The van der Waals surface area contributed by atoms with E-state index in [9.17, 15) is 4.79 Å². The van der Waals surface area contributed by atoms with Gasteiger partial charge >= 0.3 is 0 Å². The zero-order valence-corrected chi connectivity index (χ0v) is 11.6. The molecule has 1 aliphatic rings. The van der Waals surface area contributed by atoms with Gasteiger partial charge in [-0.2, -0.15) is 0 Å². The van der Waals surface area contributed by atoms with E-state index in [1.165, 1.54) is 6.42 Å². The smallest absolute Gasteiger partial charge is 0.237 e. The van der Waals surface area contributed by atoms with Crippen molar-refractivity contribution in [1.29, 1.82) is 0 Å². The van der Waals surface area contributed by atoms with Crippen LogP contribution in [0.15, 0.2) is 0 Å². The van der Waals surface area contributed by atoms with Gasteiger partial charge in [0, 0.05) is 13.1 Å². The Balaban J connectivity index is 2.65. The maximum atomic E-state index is 11.8. The van der Waals surface area contributed by atoms with E-state index in [4.69, 9.17) is 5.73 Å². The Morgan fingerprint density at radius 3 is 2.29 bits per heavy atom. The van der Waals surface area contributed by atoms with Gasteiger partial charge in [-0.15, -0.1) is 0 Å². The van der Waals surface area contributed by atoms with Gasteiger partial charge in [-0.05, 0) is 45.2 Å². The van der Waals surface area contributed by atoms with Gasteiger partial charge in [0.15, 0.2) is 0 Å². The zero-order valence-electron chi connectivity index (χ0n) is 11.6. The number of amides is 1. The number of carbonyl (C=O) groups is 1. The van der Waals surface area contributed by atoms with Crippen LogP contribution in [0.3, 0.4) is 0 Å². The summed E-state index contributed by atoms with van der Waals surface area (Å²) < 4.78 is 0. The van der Waals surface area contributed by atoms with Crippen molar-refractivity contribution in [2.45, 2.75) is 38.6 Å². The molecule has 3 N–H and O–H groups in total. The van der Waals surface area contributed by atoms with E-state index in [0.717, 1.165) is 25.9 Å². The lowest BCUT2D eigenvalue weighted by Gasteiger charge is -2.41. The SMILES string of the molecule is CC1CC(C)CC(NCCN(C)C)(C(N)=O)C1. The third kappa shape index (κ3) is 3.96. The molecule has 0 aromatic heterocycles. The predicted octanol–water partition coefficient (Wildman–Crippen LogP) is 0.818. The summed E-state index contributed by atoms with van der Waals surface area (Å²) in [5.41, 5.74) is 5.15. The number of primary amides is 1. The van der Waals surface area contributed by atoms with Gasteiger partial charge in [0.05, 0.1) is 5.54 Å². The topological polar surface area (TPSA) is 58.4 Å². The highest BCUT2D eigenvalue weighted by Gasteiger charge is 2.42. The number of hydrogen-bond acceptors (Lipinski definition) is 3. The molecular weight excluding hydrogens is 214 g/mol. The molecule has 100 valence electrons. The minimum atomic E-state index is -0.479. The average Bonchev–Trinajstić information content (AvgIpc) is 2.14. The van der Waals surface area contributed by atoms with E-state index < -0.39 is 5.54 Å². The molecule has 1 amide bonds. The lowest BCUT2D eigenvalue weighted by Crippen LogP contribution is -2.59. The van der Waals surface area contributed by atoms with Crippen molar-refractivity contribution in [3.63, 3.8) is 0 Å². The summed E-state index contributed by atoms with van der Waals surface area (Å²) in [6, 6.07) is 0. The number of nitrogens with two attached hydrogens (primary N) is 1. The quantitative estimate of drug-likeness (QED) is 0.749. The molecule has 0 aromatic carbocycles. The highest BCUT2D eigenvalue weighted by molar-refractivity contribution is 5.84. The molecule has 0 aromatic rings. The molecule has 0 aliphatic heterocycles. The molecule has 1 rings (SSSR count). The second-order valence-electron chi connectivity index (χ2n) is 6.03. The van der Waals surface area contributed by atoms with Crippen molar-refractivity contribution in [2.24, 2.45) is 17.6 Å². The minimum Gasteiger partial charge on any atom is -0.368 e. The first-order valence-corrected chi connectivity index (χ1v) is 6.55. The molecular formula is C13H27N3O. The highest BCUT2D eigenvalue weighted by Crippen LogP contribution is 2.35. The number of hydrogen-bond donors (Lipinski definition) is 2.